The molecule has 1 amide bonds. The minimum absolute atomic E-state index is 0.0150. The van der Waals surface area contributed by atoms with Crippen LogP contribution in [0.4, 0.5) is 10.8 Å². The lowest BCUT2D eigenvalue weighted by Crippen LogP contribution is -2.19. The van der Waals surface area contributed by atoms with Crippen molar-refractivity contribution in [1.29, 1.82) is 0 Å². The number of hydrogen-bond acceptors (Lipinski definition) is 8. The second kappa shape index (κ2) is 6.52. The van der Waals surface area contributed by atoms with Crippen LogP contribution in [0.1, 0.15) is 10.6 Å². The summed E-state index contributed by atoms with van der Waals surface area (Å²) in [6, 6.07) is 5.89. The SMILES string of the molecule is Nc1nnc(CC(=O)NN=Cc2cccc([N+](=O)[O-])c2)s1. The van der Waals surface area contributed by atoms with Crippen LogP contribution in [0.15, 0.2) is 29.4 Å². The molecule has 2 aromatic rings. The zero-order chi connectivity index (χ0) is 15.2. The van der Waals surface area contributed by atoms with E-state index in [2.05, 4.69) is 20.7 Å². The van der Waals surface area contributed by atoms with Gasteiger partial charge in [-0.05, 0) is 0 Å². The molecule has 1 aromatic heterocycles. The van der Waals surface area contributed by atoms with E-state index in [0.29, 0.717) is 10.6 Å². The molecule has 0 saturated heterocycles. The second-order valence-corrected chi connectivity index (χ2v) is 4.95. The van der Waals surface area contributed by atoms with Crippen molar-refractivity contribution < 1.29 is 9.72 Å². The number of nitrogens with one attached hydrogen (secondary N) is 1. The van der Waals surface area contributed by atoms with Crippen molar-refractivity contribution in [2.45, 2.75) is 6.42 Å². The van der Waals surface area contributed by atoms with Crippen LogP contribution in [-0.4, -0.2) is 27.2 Å². The normalized spacial score (nSPS) is 10.7. The monoisotopic (exact) mass is 306 g/mol. The number of nitrogens with zero attached hydrogens (tertiary/aromatic N) is 4. The Morgan fingerprint density at radius 3 is 3.00 bits per heavy atom. The van der Waals surface area contributed by atoms with Crippen molar-refractivity contribution >= 4 is 34.3 Å². The van der Waals surface area contributed by atoms with Crippen LogP contribution in [-0.2, 0) is 11.2 Å². The van der Waals surface area contributed by atoms with Crippen LogP contribution in [0.2, 0.25) is 0 Å². The van der Waals surface area contributed by atoms with Gasteiger partial charge in [0.25, 0.3) is 5.69 Å². The molecule has 2 rings (SSSR count). The number of nitro benzene ring substituents is 1. The van der Waals surface area contributed by atoms with E-state index < -0.39 is 4.92 Å². The molecule has 3 N–H and O–H groups in total. The molecule has 0 fully saturated rings. The summed E-state index contributed by atoms with van der Waals surface area (Å²) in [6.45, 7) is 0. The molecule has 0 aliphatic carbocycles. The maximum absolute atomic E-state index is 11.6. The van der Waals surface area contributed by atoms with Gasteiger partial charge in [0.05, 0.1) is 17.6 Å². The van der Waals surface area contributed by atoms with E-state index in [4.69, 9.17) is 5.73 Å². The Bertz CT molecular complexity index is 699. The van der Waals surface area contributed by atoms with E-state index in [0.717, 1.165) is 11.3 Å². The number of hydrogen-bond donors (Lipinski definition) is 2. The number of carbonyl (C=O) groups excluding carboxylic acids is 1. The first-order chi connectivity index (χ1) is 10.0. The molecule has 1 aromatic carbocycles. The lowest BCUT2D eigenvalue weighted by Gasteiger charge is -1.96. The van der Waals surface area contributed by atoms with E-state index in [9.17, 15) is 14.9 Å². The van der Waals surface area contributed by atoms with Gasteiger partial charge in [0, 0.05) is 17.7 Å². The zero-order valence-corrected chi connectivity index (χ0v) is 11.4. The molecule has 0 bridgehead atoms. The molecule has 1 heterocycles. The first-order valence-electron chi connectivity index (χ1n) is 5.69. The average molecular weight is 306 g/mol. The third-order valence-electron chi connectivity index (χ3n) is 2.28. The highest BCUT2D eigenvalue weighted by Gasteiger charge is 2.07. The highest BCUT2D eigenvalue weighted by Crippen LogP contribution is 2.12. The van der Waals surface area contributed by atoms with E-state index in [-0.39, 0.29) is 23.1 Å². The summed E-state index contributed by atoms with van der Waals surface area (Å²) in [5.74, 6) is -0.382. The quantitative estimate of drug-likeness (QED) is 0.474. The van der Waals surface area contributed by atoms with Crippen LogP contribution in [0.25, 0.3) is 0 Å². The Kier molecular flexibility index (Phi) is 4.51. The molecule has 0 spiro atoms. The highest BCUT2D eigenvalue weighted by atomic mass is 32.1. The summed E-state index contributed by atoms with van der Waals surface area (Å²) < 4.78 is 0. The number of aromatic nitrogens is 2. The van der Waals surface area contributed by atoms with Crippen LogP contribution >= 0.6 is 11.3 Å². The maximum atomic E-state index is 11.6. The van der Waals surface area contributed by atoms with Gasteiger partial charge in [-0.1, -0.05) is 23.5 Å². The number of carbonyl (C=O) groups is 1. The Hall–Kier alpha value is -2.88. The van der Waals surface area contributed by atoms with Crippen LogP contribution in [0.3, 0.4) is 0 Å². The van der Waals surface area contributed by atoms with Crippen molar-refractivity contribution in [2.24, 2.45) is 5.10 Å². The van der Waals surface area contributed by atoms with Crippen molar-refractivity contribution in [2.75, 3.05) is 5.73 Å². The van der Waals surface area contributed by atoms with Gasteiger partial charge in [0.15, 0.2) is 0 Å². The van der Waals surface area contributed by atoms with Gasteiger partial charge in [-0.25, -0.2) is 5.43 Å². The Balaban J connectivity index is 1.91. The zero-order valence-electron chi connectivity index (χ0n) is 10.6. The molecule has 0 unspecified atom stereocenters. The predicted molar refractivity (Wildman–Crippen MR) is 76.9 cm³/mol. The minimum Gasteiger partial charge on any atom is -0.374 e. The molecule has 0 aliphatic rings. The number of nitro groups is 1. The number of anilines is 1. The fourth-order valence-corrected chi connectivity index (χ4v) is 2.02. The molecular weight excluding hydrogens is 296 g/mol. The molecule has 0 atom stereocenters. The predicted octanol–water partition coefficient (Wildman–Crippen LogP) is 0.721. The van der Waals surface area contributed by atoms with Crippen LogP contribution in [0, 0.1) is 10.1 Å². The smallest absolute Gasteiger partial charge is 0.270 e. The van der Waals surface area contributed by atoms with Crippen LogP contribution < -0.4 is 11.2 Å². The molecular formula is C11H10N6O3S. The second-order valence-electron chi connectivity index (χ2n) is 3.86. The lowest BCUT2D eigenvalue weighted by atomic mass is 10.2. The first-order valence-corrected chi connectivity index (χ1v) is 6.50. The summed E-state index contributed by atoms with van der Waals surface area (Å²) in [7, 11) is 0. The van der Waals surface area contributed by atoms with Crippen molar-refractivity contribution in [1.82, 2.24) is 15.6 Å². The van der Waals surface area contributed by atoms with Crippen molar-refractivity contribution in [3.05, 3.63) is 45.0 Å². The van der Waals surface area contributed by atoms with Gasteiger partial charge in [0.1, 0.15) is 5.01 Å². The number of nitrogen functional groups attached to an aromatic ring is 1. The van der Waals surface area contributed by atoms with Crippen molar-refractivity contribution in [3.63, 3.8) is 0 Å². The fourth-order valence-electron chi connectivity index (χ4n) is 1.41. The largest absolute Gasteiger partial charge is 0.374 e. The topological polar surface area (TPSA) is 136 Å². The van der Waals surface area contributed by atoms with Gasteiger partial charge in [-0.3, -0.25) is 14.9 Å². The molecule has 0 saturated carbocycles. The maximum Gasteiger partial charge on any atom is 0.270 e. The summed E-state index contributed by atoms with van der Waals surface area (Å²) in [4.78, 5) is 21.7. The fraction of sp³-hybridized carbons (Fsp3) is 0.0909. The minimum atomic E-state index is -0.504. The van der Waals surface area contributed by atoms with E-state index in [1.54, 1.807) is 6.07 Å². The van der Waals surface area contributed by atoms with Gasteiger partial charge in [-0.15, -0.1) is 10.2 Å². The third kappa shape index (κ3) is 4.31. The Labute approximate surface area is 122 Å². The van der Waals surface area contributed by atoms with Gasteiger partial charge in [-0.2, -0.15) is 5.10 Å². The summed E-state index contributed by atoms with van der Waals surface area (Å²) in [5, 5.41) is 22.4. The van der Waals surface area contributed by atoms with E-state index in [1.807, 2.05) is 0 Å². The number of amides is 1. The number of nitrogens with two attached hydrogens (primary N) is 1. The molecule has 21 heavy (non-hydrogen) atoms. The van der Waals surface area contributed by atoms with Crippen molar-refractivity contribution in [3.8, 4) is 0 Å². The van der Waals surface area contributed by atoms with E-state index in [1.165, 1.54) is 24.4 Å². The number of rotatable bonds is 5. The summed E-state index contributed by atoms with van der Waals surface area (Å²) in [5.41, 5.74) is 8.15. The van der Waals surface area contributed by atoms with Gasteiger partial charge in [0.2, 0.25) is 11.0 Å². The number of benzene rings is 1. The lowest BCUT2D eigenvalue weighted by molar-refractivity contribution is -0.384. The number of hydrazone groups is 1. The summed E-state index contributed by atoms with van der Waals surface area (Å²) in [6.07, 6.45) is 1.33. The molecule has 0 aliphatic heterocycles. The Morgan fingerprint density at radius 1 is 1.52 bits per heavy atom. The molecule has 0 radical (unpaired) electrons. The first kappa shape index (κ1) is 14.5. The Morgan fingerprint density at radius 2 is 2.33 bits per heavy atom. The van der Waals surface area contributed by atoms with Gasteiger partial charge < -0.3 is 5.73 Å². The van der Waals surface area contributed by atoms with Gasteiger partial charge >= 0.3 is 0 Å². The molecule has 9 nitrogen and oxygen atoms in total. The number of non-ortho nitro benzene ring substituents is 1. The molecule has 10 heteroatoms. The highest BCUT2D eigenvalue weighted by molar-refractivity contribution is 7.15. The van der Waals surface area contributed by atoms with Crippen LogP contribution in [0.5, 0.6) is 0 Å². The molecule has 108 valence electrons. The summed E-state index contributed by atoms with van der Waals surface area (Å²) >= 11 is 1.12. The standard InChI is InChI=1S/C11H10N6O3S/c12-11-16-15-10(21-11)5-9(18)14-13-6-7-2-1-3-8(4-7)17(19)20/h1-4,6H,5H2,(H2,12,16)(H,14,18). The third-order valence-corrected chi connectivity index (χ3v) is 3.03. The van der Waals surface area contributed by atoms with E-state index >= 15 is 0 Å². The average Bonchev–Trinajstić information content (AvgIpc) is 2.84.